The monoisotopic (exact) mass is 413 g/mol. The van der Waals surface area contributed by atoms with Gasteiger partial charge in [-0.3, -0.25) is 4.79 Å². The minimum atomic E-state index is -0.678. The number of thiophene rings is 1. The number of carbonyl (C=O) groups is 2. The van der Waals surface area contributed by atoms with E-state index >= 15 is 0 Å². The Morgan fingerprint density at radius 2 is 2.12 bits per heavy atom. The van der Waals surface area contributed by atoms with Gasteiger partial charge in [0, 0.05) is 22.5 Å². The van der Waals surface area contributed by atoms with E-state index in [1.54, 1.807) is 16.7 Å². The Kier molecular flexibility index (Phi) is 5.64. The van der Waals surface area contributed by atoms with Gasteiger partial charge in [-0.1, -0.05) is 23.2 Å². The van der Waals surface area contributed by atoms with Crippen molar-refractivity contribution in [3.8, 4) is 10.6 Å². The van der Waals surface area contributed by atoms with Gasteiger partial charge in [-0.05, 0) is 17.5 Å². The van der Waals surface area contributed by atoms with Gasteiger partial charge in [0.25, 0.3) is 5.91 Å². The van der Waals surface area contributed by atoms with Crippen LogP contribution in [-0.2, 0) is 9.53 Å². The molecule has 3 rings (SSSR count). The van der Waals surface area contributed by atoms with E-state index in [0.29, 0.717) is 5.02 Å². The second kappa shape index (κ2) is 7.92. The number of hydrogen-bond acceptors (Lipinski definition) is 7. The van der Waals surface area contributed by atoms with E-state index in [2.05, 4.69) is 15.3 Å². The number of esters is 1. The molecule has 3 aromatic heterocycles. The lowest BCUT2D eigenvalue weighted by Crippen LogP contribution is -2.21. The summed E-state index contributed by atoms with van der Waals surface area (Å²) in [7, 11) is 0. The molecule has 0 aliphatic rings. The molecule has 1 amide bonds. The first-order valence-corrected chi connectivity index (χ1v) is 9.37. The van der Waals surface area contributed by atoms with Crippen LogP contribution in [0.2, 0.25) is 10.0 Å². The third kappa shape index (κ3) is 4.55. The Labute approximate surface area is 160 Å². The zero-order valence-electron chi connectivity index (χ0n) is 12.4. The molecule has 128 valence electrons. The second-order valence-corrected chi connectivity index (χ2v) is 7.14. The summed E-state index contributed by atoms with van der Waals surface area (Å²) < 4.78 is 4.96. The molecular formula is C15H9Cl2N3O3S2. The van der Waals surface area contributed by atoms with E-state index < -0.39 is 18.5 Å². The Balaban J connectivity index is 1.56. The molecule has 6 nitrogen and oxygen atoms in total. The molecule has 10 heteroatoms. The van der Waals surface area contributed by atoms with Crippen molar-refractivity contribution in [2.24, 2.45) is 0 Å². The molecular weight excluding hydrogens is 405 g/mol. The number of halogens is 2. The lowest BCUT2D eigenvalue weighted by atomic mass is 10.3. The first-order chi connectivity index (χ1) is 12.0. The highest BCUT2D eigenvalue weighted by Gasteiger charge is 2.16. The lowest BCUT2D eigenvalue weighted by molar-refractivity contribution is -0.119. The number of amides is 1. The van der Waals surface area contributed by atoms with E-state index in [1.807, 2.05) is 16.8 Å². The van der Waals surface area contributed by atoms with E-state index in [1.165, 1.54) is 23.6 Å². The number of pyridine rings is 1. The summed E-state index contributed by atoms with van der Waals surface area (Å²) in [5, 5.41) is 9.14. The second-order valence-electron chi connectivity index (χ2n) is 4.66. The molecule has 0 saturated carbocycles. The van der Waals surface area contributed by atoms with Gasteiger partial charge in [0.15, 0.2) is 18.1 Å². The molecule has 0 bridgehead atoms. The number of carbonyl (C=O) groups excluding carboxylic acids is 2. The fourth-order valence-corrected chi connectivity index (χ4v) is 3.69. The number of rotatable bonds is 5. The number of hydrogen-bond donors (Lipinski definition) is 1. The number of nitrogens with one attached hydrogen (secondary N) is 1. The number of nitrogens with zero attached hydrogens (tertiary/aromatic N) is 2. The van der Waals surface area contributed by atoms with Crippen molar-refractivity contribution in [1.82, 2.24) is 9.97 Å². The average Bonchev–Trinajstić information content (AvgIpc) is 3.26. The molecule has 0 aliphatic carbocycles. The summed E-state index contributed by atoms with van der Waals surface area (Å²) in [5.74, 6) is -1.11. The smallest absolute Gasteiger partial charge is 0.358 e. The Hall–Kier alpha value is -2.00. The van der Waals surface area contributed by atoms with Crippen LogP contribution in [0.4, 0.5) is 5.82 Å². The van der Waals surface area contributed by atoms with E-state index in [0.717, 1.165) is 10.6 Å². The van der Waals surface area contributed by atoms with Crippen molar-refractivity contribution in [2.75, 3.05) is 11.9 Å². The first kappa shape index (κ1) is 17.8. The van der Waals surface area contributed by atoms with Gasteiger partial charge >= 0.3 is 5.97 Å². The highest BCUT2D eigenvalue weighted by Crippen LogP contribution is 2.26. The van der Waals surface area contributed by atoms with Gasteiger partial charge in [0.05, 0.1) is 10.0 Å². The SMILES string of the molecule is O=C(COC(=O)c1csc(-c2ccsc2)n1)Nc1ncc(Cl)cc1Cl. The van der Waals surface area contributed by atoms with E-state index in [4.69, 9.17) is 27.9 Å². The highest BCUT2D eigenvalue weighted by atomic mass is 35.5. The molecule has 0 radical (unpaired) electrons. The number of ether oxygens (including phenoxy) is 1. The third-order valence-electron chi connectivity index (χ3n) is 2.88. The van der Waals surface area contributed by atoms with Gasteiger partial charge < -0.3 is 10.1 Å². The predicted octanol–water partition coefficient (Wildman–Crippen LogP) is 4.37. The predicted molar refractivity (Wildman–Crippen MR) is 98.6 cm³/mol. The van der Waals surface area contributed by atoms with Gasteiger partial charge in [-0.2, -0.15) is 11.3 Å². The Bertz CT molecular complexity index is 913. The van der Waals surface area contributed by atoms with Crippen molar-refractivity contribution >= 4 is 63.6 Å². The quantitative estimate of drug-likeness (QED) is 0.627. The van der Waals surface area contributed by atoms with Gasteiger partial charge in [-0.15, -0.1) is 11.3 Å². The molecule has 25 heavy (non-hydrogen) atoms. The van der Waals surface area contributed by atoms with Crippen molar-refractivity contribution in [1.29, 1.82) is 0 Å². The largest absolute Gasteiger partial charge is 0.451 e. The Morgan fingerprint density at radius 3 is 2.84 bits per heavy atom. The molecule has 0 saturated heterocycles. The summed E-state index contributed by atoms with van der Waals surface area (Å²) in [6, 6.07) is 3.36. The highest BCUT2D eigenvalue weighted by molar-refractivity contribution is 7.14. The van der Waals surface area contributed by atoms with Crippen molar-refractivity contribution in [2.45, 2.75) is 0 Å². The van der Waals surface area contributed by atoms with Crippen LogP contribution in [0.5, 0.6) is 0 Å². The maximum atomic E-state index is 12.0. The molecule has 3 heterocycles. The minimum Gasteiger partial charge on any atom is -0.451 e. The maximum absolute atomic E-state index is 12.0. The normalized spacial score (nSPS) is 10.5. The van der Waals surface area contributed by atoms with Crippen molar-refractivity contribution in [3.63, 3.8) is 0 Å². The molecule has 0 aliphatic heterocycles. The molecule has 1 N–H and O–H groups in total. The summed E-state index contributed by atoms with van der Waals surface area (Å²) in [6.45, 7) is -0.481. The topological polar surface area (TPSA) is 81.2 Å². The zero-order chi connectivity index (χ0) is 17.8. The molecule has 0 unspecified atom stereocenters. The maximum Gasteiger partial charge on any atom is 0.358 e. The lowest BCUT2D eigenvalue weighted by Gasteiger charge is -2.06. The van der Waals surface area contributed by atoms with Crippen LogP contribution in [0, 0.1) is 0 Å². The fourth-order valence-electron chi connectivity index (χ4n) is 1.77. The first-order valence-electron chi connectivity index (χ1n) is 6.79. The van der Waals surface area contributed by atoms with Gasteiger partial charge in [0.1, 0.15) is 5.01 Å². The van der Waals surface area contributed by atoms with Crippen LogP contribution in [0.1, 0.15) is 10.5 Å². The van der Waals surface area contributed by atoms with Crippen LogP contribution in [0.25, 0.3) is 10.6 Å². The van der Waals surface area contributed by atoms with E-state index in [-0.39, 0.29) is 16.5 Å². The molecule has 3 aromatic rings. The van der Waals surface area contributed by atoms with Crippen LogP contribution in [0.15, 0.2) is 34.5 Å². The van der Waals surface area contributed by atoms with Crippen molar-refractivity contribution < 1.29 is 14.3 Å². The molecule has 0 atom stereocenters. The van der Waals surface area contributed by atoms with Crippen molar-refractivity contribution in [3.05, 3.63) is 50.2 Å². The summed E-state index contributed by atoms with van der Waals surface area (Å²) in [4.78, 5) is 31.9. The average molecular weight is 414 g/mol. The summed E-state index contributed by atoms with van der Waals surface area (Å²) in [6.07, 6.45) is 1.34. The third-order valence-corrected chi connectivity index (χ3v) is 4.95. The van der Waals surface area contributed by atoms with Crippen LogP contribution in [0.3, 0.4) is 0 Å². The summed E-state index contributed by atoms with van der Waals surface area (Å²) in [5.41, 5.74) is 1.09. The molecule has 0 spiro atoms. The number of thiazole rings is 1. The number of aromatic nitrogens is 2. The van der Waals surface area contributed by atoms with Gasteiger partial charge in [-0.25, -0.2) is 14.8 Å². The molecule has 0 fully saturated rings. The van der Waals surface area contributed by atoms with Crippen LogP contribution >= 0.6 is 45.9 Å². The van der Waals surface area contributed by atoms with Gasteiger partial charge in [0.2, 0.25) is 0 Å². The Morgan fingerprint density at radius 1 is 1.28 bits per heavy atom. The standard InChI is InChI=1S/C15H9Cl2N3O3S2/c16-9-3-10(17)13(18-4-9)20-12(21)5-23-15(22)11-7-25-14(19-11)8-1-2-24-6-8/h1-4,6-7H,5H2,(H,18,20,21). The molecule has 0 aromatic carbocycles. The minimum absolute atomic E-state index is 0.139. The number of anilines is 1. The van der Waals surface area contributed by atoms with Crippen LogP contribution in [-0.4, -0.2) is 28.5 Å². The van der Waals surface area contributed by atoms with E-state index in [9.17, 15) is 9.59 Å². The fraction of sp³-hybridized carbons (Fsp3) is 0.0667. The zero-order valence-corrected chi connectivity index (χ0v) is 15.5. The summed E-state index contributed by atoms with van der Waals surface area (Å²) >= 11 is 14.5. The van der Waals surface area contributed by atoms with Crippen LogP contribution < -0.4 is 5.32 Å².